The summed E-state index contributed by atoms with van der Waals surface area (Å²) in [6.07, 6.45) is 0. The maximum atomic E-state index is 5.50. The van der Waals surface area contributed by atoms with Gasteiger partial charge in [-0.1, -0.05) is 0 Å². The molecule has 0 aromatic carbocycles. The van der Waals surface area contributed by atoms with Crippen LogP contribution in [0.1, 0.15) is 24.0 Å². The highest BCUT2D eigenvalue weighted by molar-refractivity contribution is 5.19. The lowest BCUT2D eigenvalue weighted by Crippen LogP contribution is -2.03. The maximum absolute atomic E-state index is 5.50. The van der Waals surface area contributed by atoms with E-state index in [9.17, 15) is 0 Å². The number of rotatable bonds is 7. The van der Waals surface area contributed by atoms with Crippen molar-refractivity contribution >= 4 is 0 Å². The van der Waals surface area contributed by atoms with E-state index in [2.05, 4.69) is 0 Å². The Morgan fingerprint density at radius 2 is 2.07 bits per heavy atom. The summed E-state index contributed by atoms with van der Waals surface area (Å²) in [6.45, 7) is 6.80. The van der Waals surface area contributed by atoms with Crippen molar-refractivity contribution in [1.82, 2.24) is 0 Å². The summed E-state index contributed by atoms with van der Waals surface area (Å²) < 4.78 is 16.0. The van der Waals surface area contributed by atoms with Gasteiger partial charge in [-0.2, -0.15) is 0 Å². The Labute approximate surface area is 90.3 Å². The van der Waals surface area contributed by atoms with Crippen LogP contribution >= 0.6 is 0 Å². The third kappa shape index (κ3) is 4.03. The first kappa shape index (κ1) is 12.2. The first-order chi connectivity index (χ1) is 7.27. The lowest BCUT2D eigenvalue weighted by atomic mass is 10.3. The number of ether oxygens (including phenoxy) is 2. The summed E-state index contributed by atoms with van der Waals surface area (Å²) in [6, 6.07) is 1.96. The second-order valence-electron chi connectivity index (χ2n) is 3.27. The quantitative estimate of drug-likeness (QED) is 0.699. The van der Waals surface area contributed by atoms with Crippen molar-refractivity contribution in [1.29, 1.82) is 0 Å². The molecule has 4 heteroatoms. The Bertz CT molecular complexity index is 283. The van der Waals surface area contributed by atoms with Crippen LogP contribution in [0.15, 0.2) is 10.5 Å². The van der Waals surface area contributed by atoms with Gasteiger partial charge in [0.25, 0.3) is 0 Å². The molecular weight excluding hydrogens is 194 g/mol. The third-order valence-corrected chi connectivity index (χ3v) is 2.08. The predicted octanol–water partition coefficient (Wildman–Crippen LogP) is 1.60. The topological polar surface area (TPSA) is 57.6 Å². The van der Waals surface area contributed by atoms with Gasteiger partial charge >= 0.3 is 0 Å². The second kappa shape index (κ2) is 6.61. The average molecular weight is 213 g/mol. The van der Waals surface area contributed by atoms with E-state index in [4.69, 9.17) is 19.6 Å². The highest BCUT2D eigenvalue weighted by Crippen LogP contribution is 2.14. The van der Waals surface area contributed by atoms with Gasteiger partial charge in [-0.05, 0) is 25.5 Å². The summed E-state index contributed by atoms with van der Waals surface area (Å²) in [5, 5.41) is 0. The van der Waals surface area contributed by atoms with Crippen LogP contribution in [0.3, 0.4) is 0 Å². The highest BCUT2D eigenvalue weighted by atomic mass is 16.5. The number of hydrogen-bond donors (Lipinski definition) is 1. The summed E-state index contributed by atoms with van der Waals surface area (Å²) >= 11 is 0. The zero-order valence-corrected chi connectivity index (χ0v) is 9.41. The molecule has 0 aliphatic heterocycles. The van der Waals surface area contributed by atoms with Gasteiger partial charge in [0, 0.05) is 6.61 Å². The molecule has 0 atom stereocenters. The molecule has 1 heterocycles. The van der Waals surface area contributed by atoms with E-state index >= 15 is 0 Å². The molecular formula is C11H19NO3. The van der Waals surface area contributed by atoms with Gasteiger partial charge in [0.05, 0.1) is 19.8 Å². The fraction of sp³-hybridized carbons (Fsp3) is 0.636. The molecule has 0 bridgehead atoms. The van der Waals surface area contributed by atoms with E-state index in [1.807, 2.05) is 19.9 Å². The highest BCUT2D eigenvalue weighted by Gasteiger charge is 2.05. The van der Waals surface area contributed by atoms with E-state index in [1.54, 1.807) is 0 Å². The molecule has 15 heavy (non-hydrogen) atoms. The van der Waals surface area contributed by atoms with Crippen LogP contribution in [0.2, 0.25) is 0 Å². The fourth-order valence-corrected chi connectivity index (χ4v) is 1.30. The lowest BCUT2D eigenvalue weighted by Gasteiger charge is -2.01. The van der Waals surface area contributed by atoms with Gasteiger partial charge in [0.15, 0.2) is 0 Å². The molecule has 1 aromatic heterocycles. The average Bonchev–Trinajstić information content (AvgIpc) is 2.59. The Morgan fingerprint density at radius 1 is 1.33 bits per heavy atom. The predicted molar refractivity (Wildman–Crippen MR) is 57.5 cm³/mol. The van der Waals surface area contributed by atoms with Gasteiger partial charge in [-0.15, -0.1) is 0 Å². The zero-order valence-electron chi connectivity index (χ0n) is 9.41. The van der Waals surface area contributed by atoms with Gasteiger partial charge in [-0.3, -0.25) is 0 Å². The smallest absolute Gasteiger partial charge is 0.130 e. The molecule has 1 rings (SSSR count). The van der Waals surface area contributed by atoms with Crippen molar-refractivity contribution in [3.8, 4) is 0 Å². The Kier molecular flexibility index (Phi) is 5.39. The van der Waals surface area contributed by atoms with Gasteiger partial charge < -0.3 is 19.6 Å². The fourth-order valence-electron chi connectivity index (χ4n) is 1.30. The van der Waals surface area contributed by atoms with Crippen LogP contribution < -0.4 is 5.73 Å². The van der Waals surface area contributed by atoms with Crippen LogP contribution in [0.4, 0.5) is 0 Å². The van der Waals surface area contributed by atoms with E-state index in [1.165, 1.54) is 0 Å². The van der Waals surface area contributed by atoms with Gasteiger partial charge in [0.2, 0.25) is 0 Å². The van der Waals surface area contributed by atoms with Crippen LogP contribution in [-0.2, 0) is 22.6 Å². The van der Waals surface area contributed by atoms with Crippen LogP contribution in [0.5, 0.6) is 0 Å². The minimum absolute atomic E-state index is 0.435. The van der Waals surface area contributed by atoms with Crippen molar-refractivity contribution in [3.05, 3.63) is 23.2 Å². The minimum Gasteiger partial charge on any atom is -0.462 e. The molecule has 1 aromatic rings. The Morgan fingerprint density at radius 3 is 2.67 bits per heavy atom. The molecule has 86 valence electrons. The van der Waals surface area contributed by atoms with Crippen molar-refractivity contribution in [2.24, 2.45) is 5.73 Å². The first-order valence-corrected chi connectivity index (χ1v) is 5.21. The van der Waals surface area contributed by atoms with Crippen LogP contribution in [0.25, 0.3) is 0 Å². The van der Waals surface area contributed by atoms with Crippen molar-refractivity contribution < 1.29 is 13.9 Å². The summed E-state index contributed by atoms with van der Waals surface area (Å²) in [7, 11) is 0. The lowest BCUT2D eigenvalue weighted by molar-refractivity contribution is 0.0387. The SMILES string of the molecule is CCOCCOCc1cc(C)c(CN)o1. The second-order valence-corrected chi connectivity index (χ2v) is 3.27. The van der Waals surface area contributed by atoms with Crippen LogP contribution in [0, 0.1) is 6.92 Å². The van der Waals surface area contributed by atoms with E-state index in [-0.39, 0.29) is 0 Å². The largest absolute Gasteiger partial charge is 0.462 e. The first-order valence-electron chi connectivity index (χ1n) is 5.21. The summed E-state index contributed by atoms with van der Waals surface area (Å²) in [5.41, 5.74) is 6.59. The van der Waals surface area contributed by atoms with Crippen molar-refractivity contribution in [2.75, 3.05) is 19.8 Å². The van der Waals surface area contributed by atoms with E-state index < -0.39 is 0 Å². The Hall–Kier alpha value is -0.840. The molecule has 0 aliphatic rings. The molecule has 0 unspecified atom stereocenters. The molecule has 4 nitrogen and oxygen atoms in total. The van der Waals surface area contributed by atoms with Crippen molar-refractivity contribution in [3.63, 3.8) is 0 Å². The summed E-state index contributed by atoms with van der Waals surface area (Å²) in [5.74, 6) is 1.66. The van der Waals surface area contributed by atoms with Crippen molar-refractivity contribution in [2.45, 2.75) is 27.0 Å². The molecule has 0 aliphatic carbocycles. The molecule has 0 saturated heterocycles. The normalized spacial score (nSPS) is 10.9. The molecule has 0 amide bonds. The Balaban J connectivity index is 2.25. The number of furan rings is 1. The molecule has 0 saturated carbocycles. The van der Waals surface area contributed by atoms with E-state index in [0.717, 1.165) is 23.7 Å². The molecule has 0 radical (unpaired) electrons. The minimum atomic E-state index is 0.435. The van der Waals surface area contributed by atoms with Gasteiger partial charge in [0.1, 0.15) is 18.1 Å². The number of nitrogens with two attached hydrogens (primary N) is 1. The van der Waals surface area contributed by atoms with Gasteiger partial charge in [-0.25, -0.2) is 0 Å². The zero-order chi connectivity index (χ0) is 11.1. The number of hydrogen-bond acceptors (Lipinski definition) is 4. The molecule has 0 fully saturated rings. The number of aryl methyl sites for hydroxylation is 1. The maximum Gasteiger partial charge on any atom is 0.130 e. The van der Waals surface area contributed by atoms with Crippen LogP contribution in [-0.4, -0.2) is 19.8 Å². The van der Waals surface area contributed by atoms with E-state index in [0.29, 0.717) is 26.4 Å². The monoisotopic (exact) mass is 213 g/mol. The third-order valence-electron chi connectivity index (χ3n) is 2.08. The molecule has 0 spiro atoms. The molecule has 2 N–H and O–H groups in total. The standard InChI is InChI=1S/C11H19NO3/c1-3-13-4-5-14-8-10-6-9(2)11(7-12)15-10/h6H,3-5,7-8,12H2,1-2H3. The summed E-state index contributed by atoms with van der Waals surface area (Å²) in [4.78, 5) is 0.